The van der Waals surface area contributed by atoms with Crippen LogP contribution in [-0.4, -0.2) is 104 Å². The fourth-order valence-electron chi connectivity index (χ4n) is 5.82. The normalized spacial score (nSPS) is 16.7. The number of nitro benzene ring substituents is 3. The van der Waals surface area contributed by atoms with Crippen LogP contribution in [0.5, 0.6) is 0 Å². The minimum Gasteiger partial charge on any atom is -0.445 e. The van der Waals surface area contributed by atoms with Crippen molar-refractivity contribution in [2.75, 3.05) is 19.6 Å². The van der Waals surface area contributed by atoms with Crippen LogP contribution in [0, 0.1) is 30.3 Å². The molecular formula is C36H37N9O14S. The van der Waals surface area contributed by atoms with E-state index in [1.807, 2.05) is 0 Å². The van der Waals surface area contributed by atoms with Crippen LogP contribution in [0.2, 0.25) is 0 Å². The molecule has 3 aromatic carbocycles. The summed E-state index contributed by atoms with van der Waals surface area (Å²) in [5, 5.41) is 40.0. The summed E-state index contributed by atoms with van der Waals surface area (Å²) in [7, 11) is 0. The van der Waals surface area contributed by atoms with Crippen LogP contribution in [-0.2, 0) is 43.6 Å². The van der Waals surface area contributed by atoms with Crippen molar-refractivity contribution in [1.29, 1.82) is 0 Å². The fraction of sp³-hybridized carbons (Fsp3) is 0.333. The molecule has 24 heteroatoms. The highest BCUT2D eigenvalue weighted by molar-refractivity contribution is 7.81. The first-order chi connectivity index (χ1) is 28.6. The molecule has 0 aliphatic carbocycles. The van der Waals surface area contributed by atoms with E-state index in [2.05, 4.69) is 33.6 Å². The molecule has 2 saturated heterocycles. The van der Waals surface area contributed by atoms with Gasteiger partial charge < -0.3 is 29.7 Å². The monoisotopic (exact) mass is 851 g/mol. The van der Waals surface area contributed by atoms with E-state index in [4.69, 9.17) is 14.2 Å². The molecule has 2 aliphatic heterocycles. The molecule has 3 atom stereocenters. The number of hydrogen-bond acceptors (Lipinski definition) is 15. The summed E-state index contributed by atoms with van der Waals surface area (Å²) in [5.41, 5.74) is 0.830. The van der Waals surface area contributed by atoms with Gasteiger partial charge in [-0.1, -0.05) is 0 Å². The molecule has 3 aromatic rings. The van der Waals surface area contributed by atoms with E-state index in [1.54, 1.807) is 0 Å². The molecule has 0 bridgehead atoms. The van der Waals surface area contributed by atoms with Crippen molar-refractivity contribution in [2.24, 2.45) is 4.99 Å². The first-order valence-corrected chi connectivity index (χ1v) is 18.4. The average molecular weight is 852 g/mol. The predicted octanol–water partition coefficient (Wildman–Crippen LogP) is 3.34. The van der Waals surface area contributed by atoms with Gasteiger partial charge in [-0.3, -0.25) is 50.1 Å². The van der Waals surface area contributed by atoms with E-state index in [-0.39, 0.29) is 74.1 Å². The lowest BCUT2D eigenvalue weighted by molar-refractivity contribution is -0.385. The molecule has 0 radical (unpaired) electrons. The highest BCUT2D eigenvalue weighted by Gasteiger charge is 2.44. The van der Waals surface area contributed by atoms with E-state index in [0.717, 1.165) is 0 Å². The van der Waals surface area contributed by atoms with Crippen molar-refractivity contribution < 1.29 is 53.0 Å². The van der Waals surface area contributed by atoms with Crippen LogP contribution >= 0.6 is 12.6 Å². The van der Waals surface area contributed by atoms with Gasteiger partial charge in [0.05, 0.1) is 20.8 Å². The third-order valence-corrected chi connectivity index (χ3v) is 9.42. The Morgan fingerprint density at radius 3 is 1.70 bits per heavy atom. The minimum absolute atomic E-state index is 0.0971. The van der Waals surface area contributed by atoms with E-state index >= 15 is 0 Å². The number of carbonyl (C=O) groups excluding carboxylic acids is 5. The molecule has 5 rings (SSSR count). The largest absolute Gasteiger partial charge is 0.445 e. The number of nitrogens with one attached hydrogen (secondary N) is 3. The maximum atomic E-state index is 13.4. The number of carbonyl (C=O) groups is 5. The molecule has 2 aliphatic rings. The van der Waals surface area contributed by atoms with Crippen LogP contribution in [0.25, 0.3) is 0 Å². The highest BCUT2D eigenvalue weighted by Crippen LogP contribution is 2.26. The first kappa shape index (κ1) is 43.7. The number of guanidine groups is 1. The van der Waals surface area contributed by atoms with Gasteiger partial charge in [0.15, 0.2) is 0 Å². The van der Waals surface area contributed by atoms with Gasteiger partial charge in [-0.05, 0) is 66.4 Å². The van der Waals surface area contributed by atoms with E-state index in [0.29, 0.717) is 16.7 Å². The number of alkyl carbamates (subject to hydrolysis) is 1. The van der Waals surface area contributed by atoms with Crippen LogP contribution in [0.4, 0.5) is 31.4 Å². The minimum atomic E-state index is -1.22. The third-order valence-electron chi connectivity index (χ3n) is 9.04. The summed E-state index contributed by atoms with van der Waals surface area (Å²) in [5.74, 6) is -1.55. The summed E-state index contributed by atoms with van der Waals surface area (Å²) < 4.78 is 15.6. The Balaban J connectivity index is 1.14. The molecule has 2 heterocycles. The second-order valence-corrected chi connectivity index (χ2v) is 14.1. The zero-order valence-electron chi connectivity index (χ0n) is 31.5. The lowest BCUT2D eigenvalue weighted by atomic mass is 10.1. The summed E-state index contributed by atoms with van der Waals surface area (Å²) in [6.45, 7) is 0.879. The molecule has 0 unspecified atom stereocenters. The molecule has 2 fully saturated rings. The Bertz CT molecular complexity index is 2150. The maximum absolute atomic E-state index is 13.4. The van der Waals surface area contributed by atoms with E-state index < -0.39 is 63.0 Å². The Labute approximate surface area is 344 Å². The fourth-order valence-corrected chi connectivity index (χ4v) is 6.20. The molecule has 0 aromatic heterocycles. The van der Waals surface area contributed by atoms with Gasteiger partial charge in [-0.25, -0.2) is 14.4 Å². The quantitative estimate of drug-likeness (QED) is 0.0479. The van der Waals surface area contributed by atoms with Gasteiger partial charge in [-0.15, -0.1) is 4.99 Å². The van der Waals surface area contributed by atoms with Crippen molar-refractivity contribution in [3.63, 3.8) is 0 Å². The van der Waals surface area contributed by atoms with Gasteiger partial charge in [-0.2, -0.15) is 12.6 Å². The molecule has 5 amide bonds. The van der Waals surface area contributed by atoms with Gasteiger partial charge >= 0.3 is 18.3 Å². The molecule has 0 saturated carbocycles. The SMILES string of the molecule is C[C@H](N/C(=N\C(=O)OCc1ccc([N+](=O)[O-])cc1)NC(=O)OCc1ccc([N+](=O)[O-])cc1)C(=O)NC1CN(C(=O)[C@@H]2C[C@H](S)CN2C(=O)OCc2ccc([N+](=O)[O-])cc2)C1. The zero-order chi connectivity index (χ0) is 43.5. The predicted molar refractivity (Wildman–Crippen MR) is 209 cm³/mol. The van der Waals surface area contributed by atoms with E-state index in [9.17, 15) is 54.3 Å². The van der Waals surface area contributed by atoms with Crippen LogP contribution in [0.3, 0.4) is 0 Å². The second-order valence-electron chi connectivity index (χ2n) is 13.4. The van der Waals surface area contributed by atoms with Crippen molar-refractivity contribution in [3.8, 4) is 0 Å². The number of aliphatic imine (C=N–C) groups is 1. The summed E-state index contributed by atoms with van der Waals surface area (Å²) >= 11 is 4.45. The van der Waals surface area contributed by atoms with Crippen molar-refractivity contribution in [2.45, 2.75) is 56.5 Å². The summed E-state index contributed by atoms with van der Waals surface area (Å²) in [6, 6.07) is 13.3. The molecule has 0 spiro atoms. The summed E-state index contributed by atoms with van der Waals surface area (Å²) in [6.07, 6.45) is -2.84. The number of likely N-dealkylation sites (tertiary alicyclic amines) is 2. The molecular weight excluding hydrogens is 815 g/mol. The maximum Gasteiger partial charge on any atom is 0.437 e. The topological polar surface area (TPSA) is 297 Å². The average Bonchev–Trinajstić information content (AvgIpc) is 3.61. The third kappa shape index (κ3) is 12.1. The molecule has 3 N–H and O–H groups in total. The first-order valence-electron chi connectivity index (χ1n) is 17.9. The van der Waals surface area contributed by atoms with Crippen molar-refractivity contribution >= 4 is 65.7 Å². The standard InChI is InChI=1S/C36H37N9O14S/c1-21(31(46)38-25-15-41(16-25)32(47)30-14-29(60)17-42(30)36(50)59-20-24-6-12-28(13-7-24)45(55)56)37-33(39-34(48)57-18-22-2-8-26(9-3-22)43(51)52)40-35(49)58-19-23-4-10-27(11-5-23)44(53)54/h2-13,21,25,29-30,60H,14-20H2,1H3,(H,38,46)(H2,37,39,40,48,49)/t21-,29-,30-/m0/s1. The number of hydrogen-bond donors (Lipinski definition) is 4. The number of ether oxygens (including phenoxy) is 3. The second kappa shape index (κ2) is 19.9. The number of rotatable bonds is 13. The number of nitro groups is 3. The Hall–Kier alpha value is -7.37. The molecule has 60 heavy (non-hydrogen) atoms. The van der Waals surface area contributed by atoms with Gasteiger partial charge in [0, 0.05) is 61.3 Å². The Morgan fingerprint density at radius 1 is 0.750 bits per heavy atom. The highest BCUT2D eigenvalue weighted by atomic mass is 32.1. The molecule has 316 valence electrons. The Morgan fingerprint density at radius 2 is 1.22 bits per heavy atom. The van der Waals surface area contributed by atoms with Gasteiger partial charge in [0.25, 0.3) is 17.1 Å². The Kier molecular flexibility index (Phi) is 14.5. The van der Waals surface area contributed by atoms with Crippen LogP contribution in [0.15, 0.2) is 77.8 Å². The number of thiol groups is 1. The molecule has 23 nitrogen and oxygen atoms in total. The van der Waals surface area contributed by atoms with Crippen LogP contribution < -0.4 is 16.0 Å². The van der Waals surface area contributed by atoms with Crippen molar-refractivity contribution in [3.05, 3.63) is 120 Å². The van der Waals surface area contributed by atoms with Gasteiger partial charge in [0.1, 0.15) is 31.9 Å². The van der Waals surface area contributed by atoms with E-state index in [1.165, 1.54) is 89.5 Å². The van der Waals surface area contributed by atoms with Crippen molar-refractivity contribution in [1.82, 2.24) is 25.8 Å². The smallest absolute Gasteiger partial charge is 0.437 e. The number of amides is 5. The van der Waals surface area contributed by atoms with Gasteiger partial charge in [0.2, 0.25) is 17.8 Å². The number of nitrogens with zero attached hydrogens (tertiary/aromatic N) is 6. The number of benzene rings is 3. The lowest BCUT2D eigenvalue weighted by Crippen LogP contribution is -2.65. The lowest BCUT2D eigenvalue weighted by Gasteiger charge is -2.42. The number of non-ortho nitro benzene ring substituents is 3. The van der Waals surface area contributed by atoms with Crippen LogP contribution in [0.1, 0.15) is 30.0 Å². The zero-order valence-corrected chi connectivity index (χ0v) is 32.4. The summed E-state index contributed by atoms with van der Waals surface area (Å²) in [4.78, 5) is 102.